The van der Waals surface area contributed by atoms with E-state index in [1.54, 1.807) is 6.07 Å². The highest BCUT2D eigenvalue weighted by Crippen LogP contribution is 2.25. The first kappa shape index (κ1) is 12.7. The van der Waals surface area contributed by atoms with Gasteiger partial charge in [0.25, 0.3) is 0 Å². The van der Waals surface area contributed by atoms with Crippen molar-refractivity contribution in [3.63, 3.8) is 0 Å². The summed E-state index contributed by atoms with van der Waals surface area (Å²) in [6, 6.07) is 22.3. The lowest BCUT2D eigenvalue weighted by atomic mass is 10.1. The van der Waals surface area contributed by atoms with Gasteiger partial charge in [0.15, 0.2) is 0 Å². The smallest absolute Gasteiger partial charge is 0.100 e. The number of benzene rings is 3. The van der Waals surface area contributed by atoms with E-state index in [1.807, 2.05) is 24.3 Å². The van der Waals surface area contributed by atoms with E-state index in [0.29, 0.717) is 5.56 Å². The number of hydrogen-bond acceptors (Lipinski definition) is 2. The molecular weight excluding hydrogens is 312 g/mol. The lowest BCUT2D eigenvalue weighted by Crippen LogP contribution is -1.91. The number of anilines is 2. The first-order chi connectivity index (χ1) is 9.76. The van der Waals surface area contributed by atoms with Gasteiger partial charge >= 0.3 is 0 Å². The number of fused-ring (bicyclic) bond motifs is 1. The maximum atomic E-state index is 8.92. The molecule has 0 heterocycles. The van der Waals surface area contributed by atoms with Crippen LogP contribution in [0, 0.1) is 11.3 Å². The molecule has 0 spiro atoms. The molecule has 0 aromatic heterocycles. The van der Waals surface area contributed by atoms with E-state index in [0.717, 1.165) is 15.8 Å². The molecule has 3 rings (SSSR count). The fourth-order valence-corrected chi connectivity index (χ4v) is 2.58. The van der Waals surface area contributed by atoms with E-state index < -0.39 is 0 Å². The van der Waals surface area contributed by atoms with Crippen LogP contribution in [0.2, 0.25) is 0 Å². The minimum atomic E-state index is 0.633. The van der Waals surface area contributed by atoms with Gasteiger partial charge in [-0.05, 0) is 57.0 Å². The molecule has 1 N–H and O–H groups in total. The number of rotatable bonds is 2. The van der Waals surface area contributed by atoms with Crippen LogP contribution in [0.15, 0.2) is 65.1 Å². The Bertz CT molecular complexity index is 819. The third kappa shape index (κ3) is 2.52. The van der Waals surface area contributed by atoms with Gasteiger partial charge in [0.05, 0.1) is 5.56 Å². The Morgan fingerprint density at radius 3 is 2.30 bits per heavy atom. The SMILES string of the molecule is N#Cc1ccc(Nc2ccc3ccccc3c2)cc1Br. The number of halogens is 1. The first-order valence-corrected chi connectivity index (χ1v) is 7.01. The Kier molecular flexibility index (Phi) is 3.41. The molecule has 2 nitrogen and oxygen atoms in total. The van der Waals surface area contributed by atoms with Crippen LogP contribution in [0.5, 0.6) is 0 Å². The molecule has 20 heavy (non-hydrogen) atoms. The molecule has 96 valence electrons. The molecule has 0 fully saturated rings. The maximum absolute atomic E-state index is 8.92. The molecule has 0 bridgehead atoms. The van der Waals surface area contributed by atoms with E-state index in [2.05, 4.69) is 57.6 Å². The van der Waals surface area contributed by atoms with Crippen LogP contribution in [-0.2, 0) is 0 Å². The molecule has 0 atom stereocenters. The summed E-state index contributed by atoms with van der Waals surface area (Å²) in [7, 11) is 0. The van der Waals surface area contributed by atoms with Gasteiger partial charge in [0.1, 0.15) is 6.07 Å². The molecule has 3 aromatic carbocycles. The largest absolute Gasteiger partial charge is 0.355 e. The first-order valence-electron chi connectivity index (χ1n) is 6.22. The second kappa shape index (κ2) is 5.36. The molecule has 0 aliphatic heterocycles. The highest BCUT2D eigenvalue weighted by Gasteiger charge is 2.01. The van der Waals surface area contributed by atoms with Crippen LogP contribution >= 0.6 is 15.9 Å². The summed E-state index contributed by atoms with van der Waals surface area (Å²) in [6.45, 7) is 0. The average Bonchev–Trinajstić information content (AvgIpc) is 2.47. The van der Waals surface area contributed by atoms with Gasteiger partial charge in [-0.15, -0.1) is 0 Å². The Labute approximate surface area is 125 Å². The molecule has 0 saturated heterocycles. The van der Waals surface area contributed by atoms with Gasteiger partial charge in [-0.3, -0.25) is 0 Å². The highest BCUT2D eigenvalue weighted by molar-refractivity contribution is 9.10. The normalized spacial score (nSPS) is 10.2. The van der Waals surface area contributed by atoms with Crippen LogP contribution < -0.4 is 5.32 Å². The van der Waals surface area contributed by atoms with E-state index in [-0.39, 0.29) is 0 Å². The Morgan fingerprint density at radius 2 is 1.55 bits per heavy atom. The molecule has 0 aliphatic rings. The van der Waals surface area contributed by atoms with Crippen LogP contribution in [-0.4, -0.2) is 0 Å². The molecule has 0 saturated carbocycles. The van der Waals surface area contributed by atoms with Crippen molar-refractivity contribution >= 4 is 38.1 Å². The van der Waals surface area contributed by atoms with E-state index in [9.17, 15) is 0 Å². The summed E-state index contributed by atoms with van der Waals surface area (Å²) in [4.78, 5) is 0. The second-order valence-corrected chi connectivity index (χ2v) is 5.35. The highest BCUT2D eigenvalue weighted by atomic mass is 79.9. The lowest BCUT2D eigenvalue weighted by Gasteiger charge is -2.08. The molecule has 0 amide bonds. The Morgan fingerprint density at radius 1 is 0.850 bits per heavy atom. The van der Waals surface area contributed by atoms with Gasteiger partial charge in [-0.2, -0.15) is 5.26 Å². The van der Waals surface area contributed by atoms with Crippen molar-refractivity contribution in [2.75, 3.05) is 5.32 Å². The van der Waals surface area contributed by atoms with Crippen molar-refractivity contribution in [2.24, 2.45) is 0 Å². The van der Waals surface area contributed by atoms with Crippen LogP contribution in [0.3, 0.4) is 0 Å². The standard InChI is InChI=1S/C17H11BrN2/c18-17-10-16(8-6-14(17)11-19)20-15-7-5-12-3-1-2-4-13(12)9-15/h1-10,20H. The fraction of sp³-hybridized carbons (Fsp3) is 0. The van der Waals surface area contributed by atoms with Crippen molar-refractivity contribution in [2.45, 2.75) is 0 Å². The third-order valence-electron chi connectivity index (χ3n) is 3.13. The van der Waals surface area contributed by atoms with Crippen molar-refractivity contribution in [3.05, 3.63) is 70.7 Å². The number of nitrogens with one attached hydrogen (secondary N) is 1. The molecule has 0 aliphatic carbocycles. The van der Waals surface area contributed by atoms with Crippen LogP contribution in [0.25, 0.3) is 10.8 Å². The minimum Gasteiger partial charge on any atom is -0.355 e. The topological polar surface area (TPSA) is 35.8 Å². The van der Waals surface area contributed by atoms with Crippen LogP contribution in [0.1, 0.15) is 5.56 Å². The molecular formula is C17H11BrN2. The van der Waals surface area contributed by atoms with Crippen LogP contribution in [0.4, 0.5) is 11.4 Å². The zero-order valence-electron chi connectivity index (χ0n) is 10.6. The Balaban J connectivity index is 1.93. The van der Waals surface area contributed by atoms with E-state index in [4.69, 9.17) is 5.26 Å². The quantitative estimate of drug-likeness (QED) is 0.702. The fourth-order valence-electron chi connectivity index (χ4n) is 2.12. The summed E-state index contributed by atoms with van der Waals surface area (Å²) in [5.41, 5.74) is 2.61. The number of nitrogens with zero attached hydrogens (tertiary/aromatic N) is 1. The molecule has 3 aromatic rings. The zero-order valence-corrected chi connectivity index (χ0v) is 12.2. The van der Waals surface area contributed by atoms with Gasteiger partial charge in [-0.25, -0.2) is 0 Å². The molecule has 0 radical (unpaired) electrons. The predicted molar refractivity (Wildman–Crippen MR) is 86.1 cm³/mol. The predicted octanol–water partition coefficient (Wildman–Crippen LogP) is 5.22. The second-order valence-electron chi connectivity index (χ2n) is 4.49. The van der Waals surface area contributed by atoms with Crippen molar-refractivity contribution < 1.29 is 0 Å². The van der Waals surface area contributed by atoms with Gasteiger partial charge in [0.2, 0.25) is 0 Å². The number of hydrogen-bond donors (Lipinski definition) is 1. The van der Waals surface area contributed by atoms with Gasteiger partial charge < -0.3 is 5.32 Å². The lowest BCUT2D eigenvalue weighted by molar-refractivity contribution is 1.46. The summed E-state index contributed by atoms with van der Waals surface area (Å²) >= 11 is 3.40. The van der Waals surface area contributed by atoms with Gasteiger partial charge in [-0.1, -0.05) is 30.3 Å². The van der Waals surface area contributed by atoms with Crippen molar-refractivity contribution in [1.29, 1.82) is 5.26 Å². The zero-order chi connectivity index (χ0) is 13.9. The van der Waals surface area contributed by atoms with Crippen molar-refractivity contribution in [3.8, 4) is 6.07 Å². The summed E-state index contributed by atoms with van der Waals surface area (Å²) < 4.78 is 0.797. The molecule has 0 unspecified atom stereocenters. The third-order valence-corrected chi connectivity index (χ3v) is 3.78. The molecule has 3 heteroatoms. The van der Waals surface area contributed by atoms with Crippen molar-refractivity contribution in [1.82, 2.24) is 0 Å². The van der Waals surface area contributed by atoms with E-state index >= 15 is 0 Å². The van der Waals surface area contributed by atoms with Gasteiger partial charge in [0, 0.05) is 15.8 Å². The number of nitriles is 1. The summed E-state index contributed by atoms with van der Waals surface area (Å²) in [6.07, 6.45) is 0. The maximum Gasteiger partial charge on any atom is 0.100 e. The summed E-state index contributed by atoms with van der Waals surface area (Å²) in [5, 5.41) is 14.7. The minimum absolute atomic E-state index is 0.633. The monoisotopic (exact) mass is 322 g/mol. The Hall–Kier alpha value is -2.31. The van der Waals surface area contributed by atoms with E-state index in [1.165, 1.54) is 10.8 Å². The summed E-state index contributed by atoms with van der Waals surface area (Å²) in [5.74, 6) is 0. The average molecular weight is 323 g/mol.